The molecule has 2 heterocycles. The minimum Gasteiger partial charge on any atom is -0.484 e. The van der Waals surface area contributed by atoms with Gasteiger partial charge in [0.25, 0.3) is 0 Å². The standard InChI is InChI=1S/C11H13NO/c1-6-5-7-3-4-8-9(6)10(8)11(12-7)13-2/h3-5,7-10H,1-2H3. The van der Waals surface area contributed by atoms with Crippen molar-refractivity contribution in [1.29, 1.82) is 0 Å². The van der Waals surface area contributed by atoms with E-state index in [-0.39, 0.29) is 6.04 Å². The minimum atomic E-state index is 0.231. The molecule has 68 valence electrons. The van der Waals surface area contributed by atoms with E-state index >= 15 is 0 Å². The largest absolute Gasteiger partial charge is 0.484 e. The highest BCUT2D eigenvalue weighted by molar-refractivity contribution is 5.85. The third kappa shape index (κ3) is 0.859. The van der Waals surface area contributed by atoms with Crippen molar-refractivity contribution < 1.29 is 4.74 Å². The van der Waals surface area contributed by atoms with Crippen molar-refractivity contribution in [2.75, 3.05) is 7.11 Å². The van der Waals surface area contributed by atoms with Gasteiger partial charge < -0.3 is 4.74 Å². The number of aliphatic imine (C=N–C) groups is 1. The Balaban J connectivity index is 2.08. The van der Waals surface area contributed by atoms with E-state index in [0.29, 0.717) is 17.8 Å². The van der Waals surface area contributed by atoms with E-state index in [0.717, 1.165) is 5.90 Å². The number of hydrogen-bond donors (Lipinski definition) is 0. The first-order valence-corrected chi connectivity index (χ1v) is 4.79. The maximum Gasteiger partial charge on any atom is 0.188 e. The molecule has 0 saturated heterocycles. The van der Waals surface area contributed by atoms with Crippen molar-refractivity contribution in [3.05, 3.63) is 23.8 Å². The van der Waals surface area contributed by atoms with Crippen LogP contribution in [-0.4, -0.2) is 19.0 Å². The van der Waals surface area contributed by atoms with Crippen molar-refractivity contribution >= 4 is 5.90 Å². The Morgan fingerprint density at radius 1 is 1.31 bits per heavy atom. The third-order valence-corrected chi connectivity index (χ3v) is 3.34. The van der Waals surface area contributed by atoms with E-state index < -0.39 is 0 Å². The van der Waals surface area contributed by atoms with E-state index in [4.69, 9.17) is 4.74 Å². The topological polar surface area (TPSA) is 21.6 Å². The van der Waals surface area contributed by atoms with Gasteiger partial charge in [-0.05, 0) is 18.8 Å². The number of methoxy groups -OCH3 is 1. The van der Waals surface area contributed by atoms with Gasteiger partial charge in [-0.15, -0.1) is 0 Å². The fourth-order valence-corrected chi connectivity index (χ4v) is 2.66. The highest BCUT2D eigenvalue weighted by Gasteiger charge is 2.55. The number of hydrogen-bond acceptors (Lipinski definition) is 2. The Kier molecular flexibility index (Phi) is 1.27. The smallest absolute Gasteiger partial charge is 0.188 e. The maximum atomic E-state index is 5.33. The van der Waals surface area contributed by atoms with E-state index in [1.54, 1.807) is 7.11 Å². The molecule has 2 heteroatoms. The van der Waals surface area contributed by atoms with Crippen LogP contribution < -0.4 is 0 Å². The average Bonchev–Trinajstić information content (AvgIpc) is 2.82. The Morgan fingerprint density at radius 2 is 2.15 bits per heavy atom. The Hall–Kier alpha value is -1.05. The summed E-state index contributed by atoms with van der Waals surface area (Å²) in [4.78, 5) is 4.56. The molecule has 4 rings (SSSR count). The number of nitrogens with zero attached hydrogens (tertiary/aromatic N) is 1. The van der Waals surface area contributed by atoms with Crippen molar-refractivity contribution in [3.8, 4) is 0 Å². The lowest BCUT2D eigenvalue weighted by atomic mass is 10.1. The van der Waals surface area contributed by atoms with E-state index in [1.165, 1.54) is 5.57 Å². The second-order valence-corrected chi connectivity index (χ2v) is 4.09. The van der Waals surface area contributed by atoms with E-state index in [1.807, 2.05) is 0 Å². The molecule has 0 amide bonds. The fourth-order valence-electron chi connectivity index (χ4n) is 2.66. The van der Waals surface area contributed by atoms with Crippen LogP contribution in [0.15, 0.2) is 28.8 Å². The van der Waals surface area contributed by atoms with Crippen LogP contribution in [0.4, 0.5) is 0 Å². The quantitative estimate of drug-likeness (QED) is 0.514. The summed E-state index contributed by atoms with van der Waals surface area (Å²) in [7, 11) is 1.73. The van der Waals surface area contributed by atoms with Crippen LogP contribution in [0.1, 0.15) is 6.92 Å². The zero-order valence-corrected chi connectivity index (χ0v) is 7.90. The normalized spacial score (nSPS) is 44.8. The van der Waals surface area contributed by atoms with E-state index in [9.17, 15) is 0 Å². The molecule has 2 aliphatic carbocycles. The summed E-state index contributed by atoms with van der Waals surface area (Å²) >= 11 is 0. The lowest BCUT2D eigenvalue weighted by molar-refractivity contribution is 0.381. The van der Waals surface area contributed by atoms with Gasteiger partial charge in [0.2, 0.25) is 0 Å². The molecule has 4 bridgehead atoms. The highest BCUT2D eigenvalue weighted by atomic mass is 16.5. The second kappa shape index (κ2) is 2.25. The number of rotatable bonds is 0. The van der Waals surface area contributed by atoms with Gasteiger partial charge in [0.15, 0.2) is 5.90 Å². The molecule has 0 aromatic carbocycles. The van der Waals surface area contributed by atoms with Crippen LogP contribution in [-0.2, 0) is 4.74 Å². The van der Waals surface area contributed by atoms with E-state index in [2.05, 4.69) is 30.1 Å². The van der Waals surface area contributed by atoms with Gasteiger partial charge in [0.1, 0.15) is 0 Å². The molecule has 0 radical (unpaired) electrons. The lowest BCUT2D eigenvalue weighted by Gasteiger charge is -2.03. The van der Waals surface area contributed by atoms with Gasteiger partial charge in [-0.2, -0.15) is 0 Å². The van der Waals surface area contributed by atoms with Crippen LogP contribution >= 0.6 is 0 Å². The second-order valence-electron chi connectivity index (χ2n) is 4.09. The Bertz CT molecular complexity index is 340. The van der Waals surface area contributed by atoms with Gasteiger partial charge in [-0.25, -0.2) is 4.99 Å². The summed E-state index contributed by atoms with van der Waals surface area (Å²) in [6, 6.07) is 0.231. The molecular weight excluding hydrogens is 162 g/mol. The first kappa shape index (κ1) is 7.36. The highest BCUT2D eigenvalue weighted by Crippen LogP contribution is 2.55. The lowest BCUT2D eigenvalue weighted by Crippen LogP contribution is -2.07. The maximum absolute atomic E-state index is 5.33. The molecule has 4 aliphatic rings. The van der Waals surface area contributed by atoms with Gasteiger partial charge in [-0.3, -0.25) is 0 Å². The Morgan fingerprint density at radius 3 is 2.92 bits per heavy atom. The summed E-state index contributed by atoms with van der Waals surface area (Å²) in [5, 5.41) is 0. The number of ether oxygens (including phenoxy) is 1. The monoisotopic (exact) mass is 175 g/mol. The number of allylic oxidation sites excluding steroid dienone is 2. The molecule has 4 atom stereocenters. The molecule has 4 unspecified atom stereocenters. The van der Waals surface area contributed by atoms with Crippen LogP contribution in [0, 0.1) is 17.8 Å². The van der Waals surface area contributed by atoms with Gasteiger partial charge in [0, 0.05) is 5.92 Å². The average molecular weight is 175 g/mol. The molecule has 0 N–H and O–H groups in total. The molecule has 2 nitrogen and oxygen atoms in total. The van der Waals surface area contributed by atoms with Gasteiger partial charge in [0.05, 0.1) is 13.2 Å². The molecule has 2 aliphatic heterocycles. The SMILES string of the molecule is COC1=NC2C=CC3C(C(C)=C2)C13. The van der Waals surface area contributed by atoms with Crippen molar-refractivity contribution in [1.82, 2.24) is 0 Å². The molecule has 0 aromatic heterocycles. The van der Waals surface area contributed by atoms with Crippen molar-refractivity contribution in [3.63, 3.8) is 0 Å². The molecular formula is C11H13NO. The Labute approximate surface area is 78.0 Å². The van der Waals surface area contributed by atoms with Crippen LogP contribution in [0.25, 0.3) is 0 Å². The summed E-state index contributed by atoms with van der Waals surface area (Å²) in [5.74, 6) is 2.85. The van der Waals surface area contributed by atoms with Crippen LogP contribution in [0.5, 0.6) is 0 Å². The molecule has 1 saturated carbocycles. The molecule has 1 fully saturated rings. The van der Waals surface area contributed by atoms with Gasteiger partial charge in [-0.1, -0.05) is 23.8 Å². The minimum absolute atomic E-state index is 0.231. The summed E-state index contributed by atoms with van der Waals surface area (Å²) in [6.07, 6.45) is 6.76. The predicted octanol–water partition coefficient (Wildman–Crippen LogP) is 1.79. The first-order valence-electron chi connectivity index (χ1n) is 4.79. The first-order chi connectivity index (χ1) is 6.31. The van der Waals surface area contributed by atoms with Crippen molar-refractivity contribution in [2.45, 2.75) is 13.0 Å². The van der Waals surface area contributed by atoms with Gasteiger partial charge >= 0.3 is 0 Å². The molecule has 0 aromatic rings. The predicted molar refractivity (Wildman–Crippen MR) is 51.6 cm³/mol. The summed E-state index contributed by atoms with van der Waals surface area (Å²) in [6.45, 7) is 2.21. The van der Waals surface area contributed by atoms with Crippen LogP contribution in [0.2, 0.25) is 0 Å². The zero-order chi connectivity index (χ0) is 9.00. The summed E-state index contributed by atoms with van der Waals surface area (Å²) < 4.78 is 5.33. The third-order valence-electron chi connectivity index (χ3n) is 3.34. The fraction of sp³-hybridized carbons (Fsp3) is 0.545. The zero-order valence-electron chi connectivity index (χ0n) is 7.90. The molecule has 13 heavy (non-hydrogen) atoms. The summed E-state index contributed by atoms with van der Waals surface area (Å²) in [5.41, 5.74) is 1.49. The van der Waals surface area contributed by atoms with Crippen molar-refractivity contribution in [2.24, 2.45) is 22.7 Å². The molecule has 0 spiro atoms. The van der Waals surface area contributed by atoms with Crippen LogP contribution in [0.3, 0.4) is 0 Å².